The molecule has 2 aliphatic rings. The molecule has 0 aromatic heterocycles. The third kappa shape index (κ3) is 5.12. The lowest BCUT2D eigenvalue weighted by atomic mass is 10.1. The fraction of sp³-hybridized carbons (Fsp3) is 1.00. The van der Waals surface area contributed by atoms with Crippen molar-refractivity contribution in [2.24, 2.45) is 0 Å². The first-order valence-electron chi connectivity index (χ1n) is 6.89. The molecule has 0 saturated carbocycles. The predicted octanol–water partition coefficient (Wildman–Crippen LogP) is 2.05. The fourth-order valence-electron chi connectivity index (χ4n) is 2.84. The molecule has 2 unspecified atom stereocenters. The monoisotopic (exact) mass is 262 g/mol. The predicted molar refractivity (Wildman–Crippen MR) is 74.0 cm³/mol. The summed E-state index contributed by atoms with van der Waals surface area (Å²) in [6.07, 6.45) is 8.31. The van der Waals surface area contributed by atoms with Crippen LogP contribution < -0.4 is 5.32 Å². The minimum atomic E-state index is 0. The lowest BCUT2D eigenvalue weighted by Crippen LogP contribution is -2.34. The second-order valence-corrected chi connectivity index (χ2v) is 5.24. The maximum atomic E-state index is 5.68. The summed E-state index contributed by atoms with van der Waals surface area (Å²) in [5, 5.41) is 3.48. The molecular weight excluding hydrogens is 236 g/mol. The van der Waals surface area contributed by atoms with Crippen molar-refractivity contribution in [1.29, 1.82) is 0 Å². The van der Waals surface area contributed by atoms with E-state index in [9.17, 15) is 0 Å². The second-order valence-electron chi connectivity index (χ2n) is 5.24. The molecule has 0 radical (unpaired) electrons. The fourth-order valence-corrected chi connectivity index (χ4v) is 2.84. The van der Waals surface area contributed by atoms with Gasteiger partial charge in [0.15, 0.2) is 0 Å². The average molecular weight is 263 g/mol. The van der Waals surface area contributed by atoms with Crippen LogP contribution in [0.3, 0.4) is 0 Å². The standard InChI is InChI=1S/C13H26N2O.ClH/c1-15(10-7-13-5-3-11-16-13)12-4-2-8-14-9-6-12;/h12-14H,2-11H2,1H3;1H. The van der Waals surface area contributed by atoms with Crippen molar-refractivity contribution in [3.8, 4) is 0 Å². The van der Waals surface area contributed by atoms with Crippen LogP contribution in [-0.2, 0) is 4.74 Å². The minimum absolute atomic E-state index is 0. The highest BCUT2D eigenvalue weighted by Gasteiger charge is 2.20. The molecule has 102 valence electrons. The molecule has 2 aliphatic heterocycles. The highest BCUT2D eigenvalue weighted by atomic mass is 35.5. The molecular formula is C13H27ClN2O. The van der Waals surface area contributed by atoms with Gasteiger partial charge in [0.2, 0.25) is 0 Å². The van der Waals surface area contributed by atoms with Crippen LogP contribution in [0.25, 0.3) is 0 Å². The molecule has 2 rings (SSSR count). The third-order valence-corrected chi connectivity index (χ3v) is 4.00. The van der Waals surface area contributed by atoms with Crippen LogP contribution in [0.15, 0.2) is 0 Å². The number of hydrogen-bond acceptors (Lipinski definition) is 3. The van der Waals surface area contributed by atoms with E-state index in [1.165, 1.54) is 58.2 Å². The highest BCUT2D eigenvalue weighted by molar-refractivity contribution is 5.85. The smallest absolute Gasteiger partial charge is 0.0588 e. The van der Waals surface area contributed by atoms with E-state index in [0.29, 0.717) is 6.10 Å². The van der Waals surface area contributed by atoms with Crippen molar-refractivity contribution in [1.82, 2.24) is 10.2 Å². The molecule has 0 aromatic rings. The molecule has 0 spiro atoms. The maximum Gasteiger partial charge on any atom is 0.0588 e. The summed E-state index contributed by atoms with van der Waals surface area (Å²) in [6, 6.07) is 0.788. The first kappa shape index (κ1) is 15.2. The Kier molecular flexibility index (Phi) is 7.44. The lowest BCUT2D eigenvalue weighted by molar-refractivity contribution is 0.0885. The first-order valence-corrected chi connectivity index (χ1v) is 6.89. The Bertz CT molecular complexity index is 190. The Morgan fingerprint density at radius 2 is 2.06 bits per heavy atom. The quantitative estimate of drug-likeness (QED) is 0.839. The summed E-state index contributed by atoms with van der Waals surface area (Å²) in [5.74, 6) is 0. The number of rotatable bonds is 4. The van der Waals surface area contributed by atoms with Crippen LogP contribution in [0, 0.1) is 0 Å². The molecule has 3 nitrogen and oxygen atoms in total. The van der Waals surface area contributed by atoms with E-state index in [1.54, 1.807) is 0 Å². The second kappa shape index (κ2) is 8.30. The van der Waals surface area contributed by atoms with Gasteiger partial charge in [0, 0.05) is 19.2 Å². The zero-order valence-corrected chi connectivity index (χ0v) is 11.8. The van der Waals surface area contributed by atoms with Crippen molar-refractivity contribution in [2.75, 3.05) is 33.3 Å². The number of hydrogen-bond donors (Lipinski definition) is 1. The van der Waals surface area contributed by atoms with Gasteiger partial charge in [-0.1, -0.05) is 0 Å². The summed E-state index contributed by atoms with van der Waals surface area (Å²) in [4.78, 5) is 2.55. The van der Waals surface area contributed by atoms with Gasteiger partial charge in [-0.3, -0.25) is 0 Å². The summed E-state index contributed by atoms with van der Waals surface area (Å²) >= 11 is 0. The van der Waals surface area contributed by atoms with Gasteiger partial charge in [-0.05, 0) is 58.7 Å². The summed E-state index contributed by atoms with van der Waals surface area (Å²) in [6.45, 7) is 4.59. The summed E-state index contributed by atoms with van der Waals surface area (Å²) < 4.78 is 5.68. The minimum Gasteiger partial charge on any atom is -0.378 e. The zero-order valence-electron chi connectivity index (χ0n) is 11.0. The third-order valence-electron chi connectivity index (χ3n) is 4.00. The van der Waals surface area contributed by atoms with E-state index in [2.05, 4.69) is 17.3 Å². The van der Waals surface area contributed by atoms with Crippen LogP contribution in [0.5, 0.6) is 0 Å². The van der Waals surface area contributed by atoms with Gasteiger partial charge < -0.3 is 15.0 Å². The van der Waals surface area contributed by atoms with Crippen LogP contribution in [0.2, 0.25) is 0 Å². The number of halogens is 1. The van der Waals surface area contributed by atoms with Crippen molar-refractivity contribution in [2.45, 2.75) is 50.7 Å². The van der Waals surface area contributed by atoms with E-state index < -0.39 is 0 Å². The van der Waals surface area contributed by atoms with E-state index in [4.69, 9.17) is 4.74 Å². The zero-order chi connectivity index (χ0) is 11.2. The Morgan fingerprint density at radius 1 is 1.18 bits per heavy atom. The van der Waals surface area contributed by atoms with Gasteiger partial charge >= 0.3 is 0 Å². The van der Waals surface area contributed by atoms with Gasteiger partial charge in [0.25, 0.3) is 0 Å². The first-order chi connectivity index (χ1) is 7.86. The van der Waals surface area contributed by atoms with Crippen molar-refractivity contribution in [3.05, 3.63) is 0 Å². The van der Waals surface area contributed by atoms with Crippen LogP contribution in [-0.4, -0.2) is 50.3 Å². The molecule has 1 N–H and O–H groups in total. The van der Waals surface area contributed by atoms with E-state index >= 15 is 0 Å². The molecule has 0 bridgehead atoms. The van der Waals surface area contributed by atoms with Crippen molar-refractivity contribution in [3.63, 3.8) is 0 Å². The normalized spacial score (nSPS) is 30.0. The molecule has 17 heavy (non-hydrogen) atoms. The summed E-state index contributed by atoms with van der Waals surface area (Å²) in [7, 11) is 2.28. The molecule has 2 fully saturated rings. The Balaban J connectivity index is 0.00000144. The van der Waals surface area contributed by atoms with Crippen LogP contribution >= 0.6 is 12.4 Å². The number of nitrogens with zero attached hydrogens (tertiary/aromatic N) is 1. The van der Waals surface area contributed by atoms with Crippen LogP contribution in [0.1, 0.15) is 38.5 Å². The largest absolute Gasteiger partial charge is 0.378 e. The van der Waals surface area contributed by atoms with Crippen molar-refractivity contribution >= 4 is 12.4 Å². The molecule has 2 saturated heterocycles. The number of nitrogens with one attached hydrogen (secondary N) is 1. The molecule has 2 atom stereocenters. The van der Waals surface area contributed by atoms with E-state index in [-0.39, 0.29) is 12.4 Å². The van der Waals surface area contributed by atoms with Crippen molar-refractivity contribution < 1.29 is 4.74 Å². The molecule has 4 heteroatoms. The van der Waals surface area contributed by atoms with Crippen LogP contribution in [0.4, 0.5) is 0 Å². The molecule has 0 aromatic carbocycles. The van der Waals surface area contributed by atoms with Gasteiger partial charge in [-0.15, -0.1) is 12.4 Å². The number of ether oxygens (including phenoxy) is 1. The highest BCUT2D eigenvalue weighted by Crippen LogP contribution is 2.17. The van der Waals surface area contributed by atoms with E-state index in [0.717, 1.165) is 12.6 Å². The Hall–Kier alpha value is 0.170. The lowest BCUT2D eigenvalue weighted by Gasteiger charge is -2.27. The topological polar surface area (TPSA) is 24.5 Å². The summed E-state index contributed by atoms with van der Waals surface area (Å²) in [5.41, 5.74) is 0. The molecule has 2 heterocycles. The van der Waals surface area contributed by atoms with Gasteiger partial charge in [-0.25, -0.2) is 0 Å². The maximum absolute atomic E-state index is 5.68. The Morgan fingerprint density at radius 3 is 2.82 bits per heavy atom. The molecule has 0 amide bonds. The molecule has 0 aliphatic carbocycles. The van der Waals surface area contributed by atoms with Gasteiger partial charge in [0.1, 0.15) is 0 Å². The SMILES string of the molecule is CN(CCC1CCCO1)C1CCCNCC1.Cl. The van der Waals surface area contributed by atoms with Gasteiger partial charge in [-0.2, -0.15) is 0 Å². The average Bonchev–Trinajstić information content (AvgIpc) is 2.66. The Labute approximate surface area is 112 Å². The van der Waals surface area contributed by atoms with E-state index in [1.807, 2.05) is 0 Å². The van der Waals surface area contributed by atoms with Gasteiger partial charge in [0.05, 0.1) is 6.10 Å².